The van der Waals surface area contributed by atoms with Gasteiger partial charge in [0, 0.05) is 19.2 Å². The minimum absolute atomic E-state index is 0.230. The van der Waals surface area contributed by atoms with Gasteiger partial charge in [0.25, 0.3) is 11.8 Å². The molecule has 0 atom stereocenters. The molecular weight excluding hydrogens is 330 g/mol. The van der Waals surface area contributed by atoms with Crippen LogP contribution in [-0.2, 0) is 6.42 Å². The van der Waals surface area contributed by atoms with E-state index in [1.165, 1.54) is 6.42 Å². The Morgan fingerprint density at radius 3 is 2.85 bits per heavy atom. The molecule has 2 amide bonds. The van der Waals surface area contributed by atoms with Crippen LogP contribution in [0.2, 0.25) is 0 Å². The first-order valence-corrected chi connectivity index (χ1v) is 9.01. The Balaban J connectivity index is 1.50. The van der Waals surface area contributed by atoms with Crippen LogP contribution in [0.1, 0.15) is 45.7 Å². The summed E-state index contributed by atoms with van der Waals surface area (Å²) in [6.45, 7) is 1.24. The van der Waals surface area contributed by atoms with Gasteiger partial charge < -0.3 is 15.4 Å². The molecule has 0 saturated heterocycles. The normalized spacial score (nSPS) is 15.5. The van der Waals surface area contributed by atoms with Crippen LogP contribution in [0, 0.1) is 5.92 Å². The Morgan fingerprint density at radius 2 is 2.04 bits per heavy atom. The van der Waals surface area contributed by atoms with Crippen molar-refractivity contribution >= 4 is 17.5 Å². The third-order valence-electron chi connectivity index (χ3n) is 5.01. The highest BCUT2D eigenvalue weighted by atomic mass is 16.5. The average molecular weight is 351 g/mol. The number of nitrogens with zero attached hydrogens (tertiary/aromatic N) is 1. The summed E-state index contributed by atoms with van der Waals surface area (Å²) in [5.41, 5.74) is 2.14. The molecule has 2 aliphatic rings. The smallest absolute Gasteiger partial charge is 0.272 e. The second kappa shape index (κ2) is 7.15. The lowest BCUT2D eigenvalue weighted by Gasteiger charge is -2.25. The monoisotopic (exact) mass is 351 g/mol. The molecule has 2 aromatic rings. The number of carbonyl (C=O) groups is 2. The zero-order chi connectivity index (χ0) is 17.9. The van der Waals surface area contributed by atoms with Gasteiger partial charge in [0.15, 0.2) is 5.69 Å². The maximum Gasteiger partial charge on any atom is 0.272 e. The maximum absolute atomic E-state index is 12.7. The van der Waals surface area contributed by atoms with Gasteiger partial charge in [-0.3, -0.25) is 9.59 Å². The number of fused-ring (bicyclic) bond motifs is 1. The number of rotatable bonds is 5. The number of pyridine rings is 1. The van der Waals surface area contributed by atoms with E-state index >= 15 is 0 Å². The molecule has 2 N–H and O–H groups in total. The van der Waals surface area contributed by atoms with Crippen molar-refractivity contribution < 1.29 is 14.3 Å². The molecule has 0 spiro atoms. The highest BCUT2D eigenvalue weighted by molar-refractivity contribution is 6.09. The number of nitrogens with one attached hydrogen (secondary N) is 2. The topological polar surface area (TPSA) is 80.3 Å². The first kappa shape index (κ1) is 16.6. The van der Waals surface area contributed by atoms with Crippen LogP contribution >= 0.6 is 0 Å². The van der Waals surface area contributed by atoms with Gasteiger partial charge >= 0.3 is 0 Å². The van der Waals surface area contributed by atoms with Crippen LogP contribution in [0.5, 0.6) is 5.75 Å². The first-order valence-electron chi connectivity index (χ1n) is 9.01. The van der Waals surface area contributed by atoms with Gasteiger partial charge in [0.2, 0.25) is 0 Å². The number of para-hydroxylation sites is 1. The second-order valence-electron chi connectivity index (χ2n) is 6.75. The van der Waals surface area contributed by atoms with Crippen molar-refractivity contribution in [3.63, 3.8) is 0 Å². The number of hydrogen-bond donors (Lipinski definition) is 2. The molecule has 134 valence electrons. The third kappa shape index (κ3) is 3.27. The molecular formula is C20H21N3O3. The van der Waals surface area contributed by atoms with E-state index in [4.69, 9.17) is 4.74 Å². The van der Waals surface area contributed by atoms with Gasteiger partial charge in [-0.2, -0.15) is 0 Å². The molecule has 6 heteroatoms. The number of benzene rings is 1. The second-order valence-corrected chi connectivity index (χ2v) is 6.75. The van der Waals surface area contributed by atoms with Crippen LogP contribution in [0.25, 0.3) is 0 Å². The summed E-state index contributed by atoms with van der Waals surface area (Å²) < 4.78 is 5.59. The maximum atomic E-state index is 12.7. The Labute approximate surface area is 152 Å². The average Bonchev–Trinajstić information content (AvgIpc) is 3.09. The van der Waals surface area contributed by atoms with Crippen LogP contribution in [-0.4, -0.2) is 29.9 Å². The van der Waals surface area contributed by atoms with Crippen molar-refractivity contribution in [1.29, 1.82) is 0 Å². The van der Waals surface area contributed by atoms with E-state index in [1.54, 1.807) is 24.4 Å². The summed E-state index contributed by atoms with van der Waals surface area (Å²) in [6, 6.07) is 8.92. The van der Waals surface area contributed by atoms with Gasteiger partial charge in [-0.1, -0.05) is 18.6 Å². The molecule has 0 unspecified atom stereocenters. The number of ether oxygens (including phenoxy) is 1. The highest BCUT2D eigenvalue weighted by Crippen LogP contribution is 2.30. The van der Waals surface area contributed by atoms with Gasteiger partial charge in [0.05, 0.1) is 17.9 Å². The largest absolute Gasteiger partial charge is 0.492 e. The molecule has 1 aromatic carbocycles. The molecule has 26 heavy (non-hydrogen) atoms. The Morgan fingerprint density at radius 1 is 1.15 bits per heavy atom. The lowest BCUT2D eigenvalue weighted by atomic mass is 9.85. The predicted molar refractivity (Wildman–Crippen MR) is 97.5 cm³/mol. The van der Waals surface area contributed by atoms with Crippen molar-refractivity contribution in [3.8, 4) is 5.75 Å². The quantitative estimate of drug-likeness (QED) is 0.868. The summed E-state index contributed by atoms with van der Waals surface area (Å²) in [5, 5.41) is 5.73. The molecule has 1 fully saturated rings. The number of carbonyl (C=O) groups excluding carboxylic acids is 2. The van der Waals surface area contributed by atoms with Crippen molar-refractivity contribution in [2.24, 2.45) is 5.92 Å². The van der Waals surface area contributed by atoms with E-state index < -0.39 is 0 Å². The van der Waals surface area contributed by atoms with E-state index in [1.807, 2.05) is 12.1 Å². The molecule has 1 aliphatic heterocycles. The van der Waals surface area contributed by atoms with Crippen molar-refractivity contribution in [3.05, 3.63) is 53.3 Å². The minimum Gasteiger partial charge on any atom is -0.492 e. The summed E-state index contributed by atoms with van der Waals surface area (Å²) >= 11 is 0. The number of anilines is 1. The lowest BCUT2D eigenvalue weighted by molar-refractivity contribution is 0.0935. The van der Waals surface area contributed by atoms with E-state index in [0.29, 0.717) is 36.1 Å². The van der Waals surface area contributed by atoms with Gasteiger partial charge in [0.1, 0.15) is 5.75 Å². The predicted octanol–water partition coefficient (Wildman–Crippen LogP) is 2.80. The lowest BCUT2D eigenvalue weighted by Crippen LogP contribution is -2.33. The van der Waals surface area contributed by atoms with Crippen molar-refractivity contribution in [1.82, 2.24) is 10.3 Å². The zero-order valence-corrected chi connectivity index (χ0v) is 14.5. The fourth-order valence-electron chi connectivity index (χ4n) is 3.29. The number of amides is 2. The van der Waals surface area contributed by atoms with E-state index in [-0.39, 0.29) is 17.5 Å². The molecule has 0 bridgehead atoms. The van der Waals surface area contributed by atoms with Gasteiger partial charge in [-0.15, -0.1) is 0 Å². The summed E-state index contributed by atoms with van der Waals surface area (Å²) in [5.74, 6) is 0.627. The van der Waals surface area contributed by atoms with E-state index in [9.17, 15) is 9.59 Å². The molecule has 1 aliphatic carbocycles. The Hall–Kier alpha value is -2.89. The molecule has 0 radical (unpaired) electrons. The molecule has 2 heterocycles. The molecule has 4 rings (SSSR count). The van der Waals surface area contributed by atoms with Crippen LogP contribution in [0.4, 0.5) is 5.69 Å². The molecule has 1 aromatic heterocycles. The first-order chi connectivity index (χ1) is 12.7. The zero-order valence-electron chi connectivity index (χ0n) is 14.5. The van der Waals surface area contributed by atoms with Gasteiger partial charge in [-0.25, -0.2) is 4.98 Å². The van der Waals surface area contributed by atoms with Crippen LogP contribution < -0.4 is 15.4 Å². The Kier molecular flexibility index (Phi) is 4.56. The van der Waals surface area contributed by atoms with Crippen LogP contribution in [0.3, 0.4) is 0 Å². The van der Waals surface area contributed by atoms with E-state index in [0.717, 1.165) is 24.8 Å². The van der Waals surface area contributed by atoms with Crippen molar-refractivity contribution in [2.75, 3.05) is 18.5 Å². The third-order valence-corrected chi connectivity index (χ3v) is 5.01. The fourth-order valence-corrected chi connectivity index (χ4v) is 3.29. The number of aromatic nitrogens is 1. The van der Waals surface area contributed by atoms with Gasteiger partial charge in [-0.05, 0) is 42.5 Å². The van der Waals surface area contributed by atoms with Crippen molar-refractivity contribution in [2.45, 2.75) is 25.7 Å². The minimum atomic E-state index is -0.301. The standard InChI is InChI=1S/C20H21N3O3/c24-19(15-7-2-6-14-9-11-26-18(14)15)23-16-8-3-10-21-17(16)20(25)22-12-13-4-1-5-13/h2-3,6-8,10,13H,1,4-5,9,11-12H2,(H,22,25)(H,23,24). The SMILES string of the molecule is O=C(Nc1cccnc1C(=O)NCC1CCC1)c1cccc2c1OCC2. The summed E-state index contributed by atoms with van der Waals surface area (Å²) in [7, 11) is 0. The fraction of sp³-hybridized carbons (Fsp3) is 0.350. The Bertz CT molecular complexity index is 846. The van der Waals surface area contributed by atoms with E-state index in [2.05, 4.69) is 15.6 Å². The number of hydrogen-bond acceptors (Lipinski definition) is 4. The summed E-state index contributed by atoms with van der Waals surface area (Å²) in [6.07, 6.45) is 5.90. The molecule has 6 nitrogen and oxygen atoms in total. The summed E-state index contributed by atoms with van der Waals surface area (Å²) in [4.78, 5) is 29.3. The molecule has 1 saturated carbocycles. The highest BCUT2D eigenvalue weighted by Gasteiger charge is 2.23. The van der Waals surface area contributed by atoms with Crippen LogP contribution in [0.15, 0.2) is 36.5 Å².